The molecule has 2 atom stereocenters. The van der Waals surface area contributed by atoms with E-state index in [4.69, 9.17) is 0 Å². The van der Waals surface area contributed by atoms with Crippen LogP contribution < -0.4 is 0 Å². The number of imidazole rings is 1. The molecule has 0 bridgehead atoms. The number of rotatable bonds is 2. The third kappa shape index (κ3) is 1.95. The van der Waals surface area contributed by atoms with E-state index in [0.29, 0.717) is 5.82 Å². The number of hydrogen-bond acceptors (Lipinski definition) is 3. The molecule has 1 aliphatic carbocycles. The van der Waals surface area contributed by atoms with E-state index in [1.54, 1.807) is 0 Å². The van der Waals surface area contributed by atoms with Gasteiger partial charge in [0.15, 0.2) is 0 Å². The number of carbonyl (C=O) groups is 2. The number of H-pyrrole nitrogens is 1. The topological polar surface area (TPSA) is 66.1 Å². The van der Waals surface area contributed by atoms with Gasteiger partial charge < -0.3 is 4.98 Å². The standard InChI is InChI=1S/C16H17N3O2/c20-15-10-5-1-2-6-11(10)16(21)19(15)9-14-17-12-7-3-4-8-13(12)18-14/h3-4,7-8,10-11H,1-2,5-6,9H2,(H,17,18). The Morgan fingerprint density at radius 3 is 2.43 bits per heavy atom. The summed E-state index contributed by atoms with van der Waals surface area (Å²) in [5.74, 6) is 0.484. The normalized spacial score (nSPS) is 25.6. The highest BCUT2D eigenvalue weighted by molar-refractivity contribution is 6.05. The molecule has 4 rings (SSSR count). The number of aromatic nitrogens is 2. The molecule has 21 heavy (non-hydrogen) atoms. The summed E-state index contributed by atoms with van der Waals surface area (Å²) in [7, 11) is 0. The number of likely N-dealkylation sites (tertiary alicyclic amines) is 1. The molecule has 108 valence electrons. The van der Waals surface area contributed by atoms with E-state index in [0.717, 1.165) is 36.7 Å². The molecule has 2 fully saturated rings. The van der Waals surface area contributed by atoms with Gasteiger partial charge in [0.05, 0.1) is 29.4 Å². The van der Waals surface area contributed by atoms with Crippen LogP contribution in [0.1, 0.15) is 31.5 Å². The Morgan fingerprint density at radius 1 is 1.10 bits per heavy atom. The Labute approximate surface area is 122 Å². The first-order chi connectivity index (χ1) is 10.2. The summed E-state index contributed by atoms with van der Waals surface area (Å²) in [6.07, 6.45) is 3.81. The zero-order chi connectivity index (χ0) is 14.4. The summed E-state index contributed by atoms with van der Waals surface area (Å²) in [5.41, 5.74) is 1.80. The number of fused-ring (bicyclic) bond motifs is 2. The van der Waals surface area contributed by atoms with E-state index >= 15 is 0 Å². The lowest BCUT2D eigenvalue weighted by molar-refractivity contribution is -0.140. The first kappa shape index (κ1) is 12.6. The number of benzene rings is 1. The van der Waals surface area contributed by atoms with Crippen LogP contribution in [-0.2, 0) is 16.1 Å². The Hall–Kier alpha value is -2.17. The van der Waals surface area contributed by atoms with Gasteiger partial charge in [-0.2, -0.15) is 0 Å². The molecule has 0 spiro atoms. The van der Waals surface area contributed by atoms with Crippen molar-refractivity contribution in [2.75, 3.05) is 0 Å². The minimum Gasteiger partial charge on any atom is -0.340 e. The second kappa shape index (κ2) is 4.69. The minimum atomic E-state index is -0.0874. The fraction of sp³-hybridized carbons (Fsp3) is 0.438. The van der Waals surface area contributed by atoms with E-state index in [1.807, 2.05) is 24.3 Å². The molecule has 1 aromatic carbocycles. The highest BCUT2D eigenvalue weighted by Gasteiger charge is 2.48. The molecular weight excluding hydrogens is 266 g/mol. The molecule has 5 nitrogen and oxygen atoms in total. The quantitative estimate of drug-likeness (QED) is 0.860. The van der Waals surface area contributed by atoms with Crippen LogP contribution in [0.5, 0.6) is 0 Å². The minimum absolute atomic E-state index is 0.00911. The predicted molar refractivity (Wildman–Crippen MR) is 77.1 cm³/mol. The van der Waals surface area contributed by atoms with Gasteiger partial charge in [-0.05, 0) is 25.0 Å². The summed E-state index contributed by atoms with van der Waals surface area (Å²) in [6, 6.07) is 7.72. The Kier molecular flexibility index (Phi) is 2.80. The summed E-state index contributed by atoms with van der Waals surface area (Å²) in [4.78, 5) is 33.9. The van der Waals surface area contributed by atoms with Crippen LogP contribution in [0.25, 0.3) is 11.0 Å². The summed E-state index contributed by atoms with van der Waals surface area (Å²) in [5, 5.41) is 0. The van der Waals surface area contributed by atoms with Gasteiger partial charge in [-0.15, -0.1) is 0 Å². The molecule has 2 aromatic rings. The van der Waals surface area contributed by atoms with E-state index < -0.39 is 0 Å². The highest BCUT2D eigenvalue weighted by Crippen LogP contribution is 2.38. The smallest absolute Gasteiger partial charge is 0.233 e. The second-order valence-corrected chi connectivity index (χ2v) is 5.96. The van der Waals surface area contributed by atoms with Crippen LogP contribution in [0.2, 0.25) is 0 Å². The van der Waals surface area contributed by atoms with E-state index in [1.165, 1.54) is 4.90 Å². The van der Waals surface area contributed by atoms with Gasteiger partial charge in [-0.3, -0.25) is 14.5 Å². The highest BCUT2D eigenvalue weighted by atomic mass is 16.2. The van der Waals surface area contributed by atoms with E-state index in [2.05, 4.69) is 9.97 Å². The second-order valence-electron chi connectivity index (χ2n) is 5.96. The Balaban J connectivity index is 1.61. The monoisotopic (exact) mass is 283 g/mol. The van der Waals surface area contributed by atoms with Crippen molar-refractivity contribution >= 4 is 22.8 Å². The Bertz CT molecular complexity index is 664. The van der Waals surface area contributed by atoms with Crippen LogP contribution in [0.4, 0.5) is 0 Å². The number of nitrogens with one attached hydrogen (secondary N) is 1. The van der Waals surface area contributed by atoms with Crippen LogP contribution in [0.3, 0.4) is 0 Å². The van der Waals surface area contributed by atoms with Crippen LogP contribution in [-0.4, -0.2) is 26.7 Å². The molecule has 0 radical (unpaired) electrons. The summed E-state index contributed by atoms with van der Waals surface area (Å²) < 4.78 is 0. The van der Waals surface area contributed by atoms with Crippen LogP contribution in [0.15, 0.2) is 24.3 Å². The van der Waals surface area contributed by atoms with Crippen molar-refractivity contribution in [1.82, 2.24) is 14.9 Å². The van der Waals surface area contributed by atoms with Crippen molar-refractivity contribution in [3.8, 4) is 0 Å². The number of nitrogens with zero attached hydrogens (tertiary/aromatic N) is 2. The first-order valence-electron chi connectivity index (χ1n) is 7.53. The van der Waals surface area contributed by atoms with Crippen LogP contribution in [0, 0.1) is 11.8 Å². The first-order valence-corrected chi connectivity index (χ1v) is 7.53. The number of amides is 2. The molecule has 5 heteroatoms. The molecule has 2 heterocycles. The van der Waals surface area contributed by atoms with Crippen molar-refractivity contribution in [2.24, 2.45) is 11.8 Å². The van der Waals surface area contributed by atoms with Crippen molar-refractivity contribution in [3.63, 3.8) is 0 Å². The van der Waals surface area contributed by atoms with Gasteiger partial charge in [0.2, 0.25) is 11.8 Å². The third-order valence-corrected chi connectivity index (χ3v) is 4.68. The maximum Gasteiger partial charge on any atom is 0.233 e. The lowest BCUT2D eigenvalue weighted by Crippen LogP contribution is -2.30. The fourth-order valence-electron chi connectivity index (χ4n) is 3.62. The van der Waals surface area contributed by atoms with Gasteiger partial charge in [0.25, 0.3) is 0 Å². The predicted octanol–water partition coefficient (Wildman–Crippen LogP) is 2.24. The van der Waals surface area contributed by atoms with Gasteiger partial charge in [0, 0.05) is 0 Å². The average molecular weight is 283 g/mol. The lowest BCUT2D eigenvalue weighted by Gasteiger charge is -2.19. The molecule has 1 saturated heterocycles. The zero-order valence-electron chi connectivity index (χ0n) is 11.7. The van der Waals surface area contributed by atoms with Gasteiger partial charge in [-0.25, -0.2) is 4.98 Å². The molecule has 2 unspecified atom stereocenters. The van der Waals surface area contributed by atoms with Crippen molar-refractivity contribution in [2.45, 2.75) is 32.2 Å². The number of carbonyl (C=O) groups excluding carboxylic acids is 2. The molecular formula is C16H17N3O2. The molecule has 2 aliphatic rings. The molecule has 1 N–H and O–H groups in total. The third-order valence-electron chi connectivity index (χ3n) is 4.68. The van der Waals surface area contributed by atoms with E-state index in [9.17, 15) is 9.59 Å². The van der Waals surface area contributed by atoms with Gasteiger partial charge in [-0.1, -0.05) is 25.0 Å². The number of imide groups is 1. The lowest BCUT2D eigenvalue weighted by atomic mass is 9.81. The van der Waals surface area contributed by atoms with Crippen LogP contribution >= 0.6 is 0 Å². The molecule has 1 saturated carbocycles. The van der Waals surface area contributed by atoms with E-state index in [-0.39, 0.29) is 30.2 Å². The Morgan fingerprint density at radius 2 is 1.76 bits per heavy atom. The summed E-state index contributed by atoms with van der Waals surface area (Å²) in [6.45, 7) is 0.263. The van der Waals surface area contributed by atoms with Crippen molar-refractivity contribution < 1.29 is 9.59 Å². The van der Waals surface area contributed by atoms with Crippen molar-refractivity contribution in [1.29, 1.82) is 0 Å². The zero-order valence-corrected chi connectivity index (χ0v) is 11.7. The average Bonchev–Trinajstić information content (AvgIpc) is 3.02. The maximum atomic E-state index is 12.4. The number of hydrogen-bond donors (Lipinski definition) is 1. The molecule has 2 amide bonds. The van der Waals surface area contributed by atoms with Gasteiger partial charge in [0.1, 0.15) is 5.82 Å². The number of aromatic amines is 1. The summed E-state index contributed by atoms with van der Waals surface area (Å²) >= 11 is 0. The van der Waals surface area contributed by atoms with Crippen molar-refractivity contribution in [3.05, 3.63) is 30.1 Å². The molecule has 1 aromatic heterocycles. The largest absolute Gasteiger partial charge is 0.340 e. The SMILES string of the molecule is O=C1C2CCCCC2C(=O)N1Cc1nc2ccccc2[nH]1. The van der Waals surface area contributed by atoms with Gasteiger partial charge >= 0.3 is 0 Å². The number of para-hydroxylation sites is 2. The fourth-order valence-corrected chi connectivity index (χ4v) is 3.62. The maximum absolute atomic E-state index is 12.4. The molecule has 1 aliphatic heterocycles.